The Balaban J connectivity index is 1.58. The molecule has 3 aromatic rings. The van der Waals surface area contributed by atoms with E-state index in [0.29, 0.717) is 11.3 Å². The van der Waals surface area contributed by atoms with E-state index in [2.05, 4.69) is 21.2 Å². The van der Waals surface area contributed by atoms with Gasteiger partial charge in [0.2, 0.25) is 5.91 Å². The Hall–Kier alpha value is -2.86. The average Bonchev–Trinajstić information content (AvgIpc) is 2.65. The Kier molecular flexibility index (Phi) is 5.53. The Bertz CT molecular complexity index is 955. The van der Waals surface area contributed by atoms with Crippen molar-refractivity contribution >= 4 is 44.3 Å². The van der Waals surface area contributed by atoms with E-state index in [1.807, 2.05) is 36.4 Å². The van der Waals surface area contributed by atoms with E-state index in [4.69, 9.17) is 10.5 Å². The number of halogens is 1. The number of fused-ring (bicyclic) bond motifs is 1. The minimum atomic E-state index is -0.488. The molecule has 0 atom stereocenters. The van der Waals surface area contributed by atoms with Gasteiger partial charge in [0.15, 0.2) is 0 Å². The molecule has 3 N–H and O–H groups in total. The number of nitrogens with one attached hydrogen (secondary N) is 1. The Morgan fingerprint density at radius 1 is 0.962 bits per heavy atom. The van der Waals surface area contributed by atoms with Gasteiger partial charge in [-0.25, -0.2) is 0 Å². The largest absolute Gasteiger partial charge is 0.459 e. The molecule has 0 radical (unpaired) electrons. The van der Waals surface area contributed by atoms with E-state index < -0.39 is 5.91 Å². The number of ether oxygens (including phenoxy) is 1. The quantitative estimate of drug-likeness (QED) is 0.602. The molecule has 0 aliphatic heterocycles. The van der Waals surface area contributed by atoms with Crippen LogP contribution in [0.4, 0.5) is 5.69 Å². The van der Waals surface area contributed by atoms with Crippen molar-refractivity contribution in [2.45, 2.75) is 6.61 Å². The van der Waals surface area contributed by atoms with Gasteiger partial charge in [-0.05, 0) is 46.7 Å². The molecule has 0 saturated heterocycles. The van der Waals surface area contributed by atoms with Crippen molar-refractivity contribution in [2.75, 3.05) is 11.9 Å². The maximum absolute atomic E-state index is 12.0. The van der Waals surface area contributed by atoms with Crippen molar-refractivity contribution < 1.29 is 14.3 Å². The lowest BCUT2D eigenvalue weighted by atomic mass is 10.1. The molecule has 1 amide bonds. The summed E-state index contributed by atoms with van der Waals surface area (Å²) >= 11 is 3.53. The zero-order chi connectivity index (χ0) is 18.5. The number of carbonyl (C=O) groups excluding carboxylic acids is 2. The number of primary amides is 1. The molecule has 132 valence electrons. The lowest BCUT2D eigenvalue weighted by molar-refractivity contribution is -0.142. The highest BCUT2D eigenvalue weighted by atomic mass is 79.9. The summed E-state index contributed by atoms with van der Waals surface area (Å²) in [5.41, 5.74) is 7.27. The fourth-order valence-corrected chi connectivity index (χ4v) is 3.10. The number of amides is 1. The van der Waals surface area contributed by atoms with Crippen LogP contribution in [0, 0.1) is 0 Å². The van der Waals surface area contributed by atoms with Crippen molar-refractivity contribution in [1.82, 2.24) is 0 Å². The minimum absolute atomic E-state index is 0.0321. The van der Waals surface area contributed by atoms with Gasteiger partial charge < -0.3 is 15.8 Å². The summed E-state index contributed by atoms with van der Waals surface area (Å²) < 4.78 is 6.37. The summed E-state index contributed by atoms with van der Waals surface area (Å²) in [4.78, 5) is 23.0. The zero-order valence-corrected chi connectivity index (χ0v) is 15.5. The molecule has 0 unspecified atom stereocenters. The molecular formula is C20H17BrN2O3. The lowest BCUT2D eigenvalue weighted by Crippen LogP contribution is -2.17. The van der Waals surface area contributed by atoms with Crippen LogP contribution in [-0.4, -0.2) is 18.4 Å². The van der Waals surface area contributed by atoms with Crippen LogP contribution in [0.5, 0.6) is 0 Å². The maximum atomic E-state index is 12.0. The van der Waals surface area contributed by atoms with Crippen LogP contribution < -0.4 is 11.1 Å². The summed E-state index contributed by atoms with van der Waals surface area (Å²) in [7, 11) is 0. The second-order valence-electron chi connectivity index (χ2n) is 5.71. The molecular weight excluding hydrogens is 396 g/mol. The van der Waals surface area contributed by atoms with Crippen LogP contribution in [0.15, 0.2) is 65.1 Å². The fourth-order valence-electron chi connectivity index (χ4n) is 2.60. The van der Waals surface area contributed by atoms with Gasteiger partial charge in [0.25, 0.3) is 0 Å². The zero-order valence-electron chi connectivity index (χ0n) is 13.9. The van der Waals surface area contributed by atoms with Gasteiger partial charge >= 0.3 is 5.97 Å². The molecule has 0 bridgehead atoms. The molecule has 0 aliphatic carbocycles. The van der Waals surface area contributed by atoms with Gasteiger partial charge in [-0.1, -0.05) is 46.3 Å². The molecule has 26 heavy (non-hydrogen) atoms. The number of nitrogens with two attached hydrogens (primary N) is 1. The first-order valence-corrected chi connectivity index (χ1v) is 8.79. The fraction of sp³-hybridized carbons (Fsp3) is 0.100. The summed E-state index contributed by atoms with van der Waals surface area (Å²) in [6.45, 7) is 0.235. The van der Waals surface area contributed by atoms with Crippen LogP contribution in [0.25, 0.3) is 10.8 Å². The highest BCUT2D eigenvalue weighted by Gasteiger charge is 2.08. The van der Waals surface area contributed by atoms with Crippen LogP contribution >= 0.6 is 15.9 Å². The summed E-state index contributed by atoms with van der Waals surface area (Å²) in [5.74, 6) is -0.853. The number of benzene rings is 3. The predicted octanol–water partition coefficient (Wildman–Crippen LogP) is 3.86. The van der Waals surface area contributed by atoms with Gasteiger partial charge in [-0.15, -0.1) is 0 Å². The Morgan fingerprint density at radius 3 is 2.38 bits per heavy atom. The first-order valence-electron chi connectivity index (χ1n) is 8.00. The number of hydrogen-bond donors (Lipinski definition) is 2. The van der Waals surface area contributed by atoms with Crippen molar-refractivity contribution in [2.24, 2.45) is 5.73 Å². The van der Waals surface area contributed by atoms with E-state index in [1.165, 1.54) is 0 Å². The highest BCUT2D eigenvalue weighted by molar-refractivity contribution is 9.10. The predicted molar refractivity (Wildman–Crippen MR) is 105 cm³/mol. The SMILES string of the molecule is NC(=O)c1ccc(NCC(=O)OCc2cccc3c(Br)cccc23)cc1. The van der Waals surface area contributed by atoms with Crippen molar-refractivity contribution in [1.29, 1.82) is 0 Å². The molecule has 3 rings (SSSR count). The highest BCUT2D eigenvalue weighted by Crippen LogP contribution is 2.26. The summed E-state index contributed by atoms with van der Waals surface area (Å²) in [5, 5.41) is 5.08. The van der Waals surface area contributed by atoms with E-state index >= 15 is 0 Å². The van der Waals surface area contributed by atoms with E-state index in [-0.39, 0.29) is 19.1 Å². The third-order valence-electron chi connectivity index (χ3n) is 3.95. The van der Waals surface area contributed by atoms with Crippen LogP contribution in [0.1, 0.15) is 15.9 Å². The molecule has 5 nitrogen and oxygen atoms in total. The standard InChI is InChI=1S/C20H17BrN2O3/c21-18-6-2-4-16-14(3-1-5-17(16)18)12-26-19(24)11-23-15-9-7-13(8-10-15)20(22)25/h1-10,23H,11-12H2,(H2,22,25). The van der Waals surface area contributed by atoms with Gasteiger partial charge in [-0.3, -0.25) is 9.59 Å². The Labute approximate surface area is 159 Å². The topological polar surface area (TPSA) is 81.4 Å². The third-order valence-corrected chi connectivity index (χ3v) is 4.65. The van der Waals surface area contributed by atoms with Crippen molar-refractivity contribution in [3.63, 3.8) is 0 Å². The average molecular weight is 413 g/mol. The van der Waals surface area contributed by atoms with E-state index in [0.717, 1.165) is 20.8 Å². The second kappa shape index (κ2) is 8.01. The van der Waals surface area contributed by atoms with Crippen molar-refractivity contribution in [3.8, 4) is 0 Å². The van der Waals surface area contributed by atoms with E-state index in [9.17, 15) is 9.59 Å². The monoisotopic (exact) mass is 412 g/mol. The van der Waals surface area contributed by atoms with Crippen LogP contribution in [0.2, 0.25) is 0 Å². The van der Waals surface area contributed by atoms with Gasteiger partial charge in [-0.2, -0.15) is 0 Å². The maximum Gasteiger partial charge on any atom is 0.325 e. The molecule has 0 spiro atoms. The van der Waals surface area contributed by atoms with E-state index in [1.54, 1.807) is 24.3 Å². The van der Waals surface area contributed by atoms with Crippen LogP contribution in [-0.2, 0) is 16.1 Å². The number of esters is 1. The van der Waals surface area contributed by atoms with Crippen LogP contribution in [0.3, 0.4) is 0 Å². The third kappa shape index (κ3) is 4.21. The number of hydrogen-bond acceptors (Lipinski definition) is 4. The van der Waals surface area contributed by atoms with Gasteiger partial charge in [0, 0.05) is 15.7 Å². The van der Waals surface area contributed by atoms with Crippen molar-refractivity contribution in [3.05, 3.63) is 76.3 Å². The smallest absolute Gasteiger partial charge is 0.325 e. The first kappa shape index (κ1) is 17.9. The molecule has 0 heterocycles. The van der Waals surface area contributed by atoms with Gasteiger partial charge in [0.1, 0.15) is 13.2 Å². The molecule has 0 aromatic heterocycles. The number of carbonyl (C=O) groups is 2. The summed E-state index contributed by atoms with van der Waals surface area (Å²) in [6.07, 6.45) is 0. The molecule has 6 heteroatoms. The molecule has 0 aliphatic rings. The normalized spacial score (nSPS) is 10.5. The number of rotatable bonds is 6. The Morgan fingerprint density at radius 2 is 1.65 bits per heavy atom. The lowest BCUT2D eigenvalue weighted by Gasteiger charge is -2.10. The minimum Gasteiger partial charge on any atom is -0.459 e. The molecule has 3 aromatic carbocycles. The molecule has 0 fully saturated rings. The number of anilines is 1. The molecule has 0 saturated carbocycles. The summed E-state index contributed by atoms with van der Waals surface area (Å²) in [6, 6.07) is 18.4. The first-order chi connectivity index (χ1) is 12.5. The van der Waals surface area contributed by atoms with Gasteiger partial charge in [0.05, 0.1) is 0 Å². The second-order valence-corrected chi connectivity index (χ2v) is 6.56.